The van der Waals surface area contributed by atoms with Crippen molar-refractivity contribution >= 4 is 40.2 Å². The Hall–Kier alpha value is -4.35. The van der Waals surface area contributed by atoms with Crippen LogP contribution in [0.4, 0.5) is 18.9 Å². The smallest absolute Gasteiger partial charge is 0.270 e. The number of carbonyl (C=O) groups excluding carboxylic acids is 4. The van der Waals surface area contributed by atoms with Crippen LogP contribution in [0.15, 0.2) is 36.3 Å². The van der Waals surface area contributed by atoms with E-state index in [1.807, 2.05) is 0 Å². The molecule has 2 aliphatic rings. The van der Waals surface area contributed by atoms with Gasteiger partial charge in [-0.05, 0) is 36.4 Å². The zero-order chi connectivity index (χ0) is 31.7. The van der Waals surface area contributed by atoms with Gasteiger partial charge in [0, 0.05) is 30.7 Å². The molecule has 0 aliphatic carbocycles. The van der Waals surface area contributed by atoms with Crippen LogP contribution >= 0.6 is 0 Å². The van der Waals surface area contributed by atoms with Crippen LogP contribution in [0.25, 0.3) is 10.9 Å². The summed E-state index contributed by atoms with van der Waals surface area (Å²) in [6.45, 7) is 3.28. The lowest BCUT2D eigenvalue weighted by molar-refractivity contribution is -0.141. The summed E-state index contributed by atoms with van der Waals surface area (Å²) in [4.78, 5) is 58.0. The number of benzene rings is 2. The van der Waals surface area contributed by atoms with Crippen molar-refractivity contribution in [3.05, 3.63) is 65.0 Å². The number of aromatic nitrogens is 1. The first-order valence-corrected chi connectivity index (χ1v) is 12.6. The fourth-order valence-corrected chi connectivity index (χ4v) is 5.60. The molecule has 4 amide bonds. The lowest BCUT2D eigenvalue weighted by Crippen LogP contribution is -2.54. The zero-order valence-electron chi connectivity index (χ0n) is 24.8. The fraction of sp³-hybridized carbons (Fsp3) is 0.357. The molecule has 1 saturated heterocycles. The molecule has 3 heterocycles. The van der Waals surface area contributed by atoms with E-state index >= 15 is 0 Å². The van der Waals surface area contributed by atoms with Gasteiger partial charge in [-0.2, -0.15) is 0 Å². The van der Waals surface area contributed by atoms with Gasteiger partial charge in [-0.15, -0.1) is 0 Å². The molecule has 2 aromatic carbocycles. The van der Waals surface area contributed by atoms with Crippen LogP contribution in [0.1, 0.15) is 46.9 Å². The van der Waals surface area contributed by atoms with Gasteiger partial charge in [-0.25, -0.2) is 13.2 Å². The van der Waals surface area contributed by atoms with Crippen LogP contribution in [0, 0.1) is 23.4 Å². The first kappa shape index (κ1) is 23.5. The second kappa shape index (κ2) is 9.68. The van der Waals surface area contributed by atoms with E-state index in [9.17, 15) is 32.3 Å². The van der Waals surface area contributed by atoms with Crippen LogP contribution in [-0.2, 0) is 19.8 Å². The van der Waals surface area contributed by atoms with Crippen LogP contribution in [0.5, 0.6) is 0 Å². The molecule has 2 aliphatic heterocycles. The number of primary amides is 1. The minimum Gasteiger partial charge on any atom is -0.368 e. The summed E-state index contributed by atoms with van der Waals surface area (Å²) in [5.74, 6) is -8.25. The number of H-pyrrole nitrogens is 1. The highest BCUT2D eigenvalue weighted by Crippen LogP contribution is 2.46. The molecule has 3 atom stereocenters. The number of anilines is 1. The predicted molar refractivity (Wildman–Crippen MR) is 140 cm³/mol. The van der Waals surface area contributed by atoms with Crippen molar-refractivity contribution in [2.24, 2.45) is 11.7 Å². The number of hydrogen-bond acceptors (Lipinski definition) is 4. The van der Waals surface area contributed by atoms with Crippen molar-refractivity contribution in [2.45, 2.75) is 44.2 Å². The van der Waals surface area contributed by atoms with E-state index in [0.29, 0.717) is 11.3 Å². The Morgan fingerprint density at radius 2 is 1.95 bits per heavy atom. The summed E-state index contributed by atoms with van der Waals surface area (Å²) in [7, 11) is 1.23. The number of para-hydroxylation sites is 1. The zero-order valence-corrected chi connectivity index (χ0v) is 21.8. The van der Waals surface area contributed by atoms with Crippen molar-refractivity contribution in [1.29, 1.82) is 0 Å². The van der Waals surface area contributed by atoms with Crippen LogP contribution in [0.3, 0.4) is 0 Å². The summed E-state index contributed by atoms with van der Waals surface area (Å²) in [6.07, 6.45) is -0.0988. The summed E-state index contributed by atoms with van der Waals surface area (Å²) in [5.41, 5.74) is 3.75. The van der Waals surface area contributed by atoms with Crippen LogP contribution < -0.4 is 11.1 Å². The van der Waals surface area contributed by atoms with E-state index in [0.717, 1.165) is 9.80 Å². The van der Waals surface area contributed by atoms with Crippen molar-refractivity contribution in [3.8, 4) is 0 Å². The van der Waals surface area contributed by atoms with Gasteiger partial charge < -0.3 is 25.8 Å². The highest BCUT2D eigenvalue weighted by atomic mass is 19.2. The molecule has 1 fully saturated rings. The summed E-state index contributed by atoms with van der Waals surface area (Å²) < 4.78 is 67.0. The molecule has 40 heavy (non-hydrogen) atoms. The van der Waals surface area contributed by atoms with Gasteiger partial charge in [0.25, 0.3) is 5.91 Å². The quantitative estimate of drug-likeness (QED) is 0.402. The SMILES string of the molecule is [2H]c1ccc2c(c1)[C@@]1(C[C@@H](C(N)=O)N(C(=O)[C@H](CC(C)C)N(C)C(=O)c3[nH]c4c(F)c(F)c([2H])c(F)c4c3[2H])C1)C(=O)N2. The molecular weight excluding hydrogens is 527 g/mol. The second-order valence-corrected chi connectivity index (χ2v) is 10.6. The van der Waals surface area contributed by atoms with Gasteiger partial charge >= 0.3 is 0 Å². The summed E-state index contributed by atoms with van der Waals surface area (Å²) >= 11 is 0. The first-order valence-electron chi connectivity index (χ1n) is 14.1. The number of hydrogen-bond donors (Lipinski definition) is 3. The number of carbonyl (C=O) groups is 4. The van der Waals surface area contributed by atoms with E-state index in [1.54, 1.807) is 19.9 Å². The molecule has 5 rings (SSSR count). The summed E-state index contributed by atoms with van der Waals surface area (Å²) in [5, 5.41) is 1.94. The number of aromatic amines is 1. The molecule has 0 radical (unpaired) electrons. The fourth-order valence-electron chi connectivity index (χ4n) is 5.60. The third-order valence-corrected chi connectivity index (χ3v) is 7.61. The second-order valence-electron chi connectivity index (χ2n) is 10.6. The Morgan fingerprint density at radius 1 is 1.23 bits per heavy atom. The lowest BCUT2D eigenvalue weighted by atomic mass is 9.79. The van der Waals surface area contributed by atoms with Crippen molar-refractivity contribution in [2.75, 3.05) is 18.9 Å². The number of likely N-dealkylation sites (tertiary alicyclic amines) is 1. The van der Waals surface area contributed by atoms with Crippen LogP contribution in [-0.4, -0.2) is 64.1 Å². The normalized spacial score (nSPS) is 21.8. The van der Waals surface area contributed by atoms with Crippen LogP contribution in [0.2, 0.25) is 0 Å². The summed E-state index contributed by atoms with van der Waals surface area (Å²) in [6, 6.07) is -0.0905. The third kappa shape index (κ3) is 4.18. The number of amides is 4. The maximum Gasteiger partial charge on any atom is 0.270 e. The van der Waals surface area contributed by atoms with E-state index in [1.165, 1.54) is 19.2 Å². The molecule has 210 valence electrons. The molecule has 0 unspecified atom stereocenters. The Labute approximate surface area is 231 Å². The highest BCUT2D eigenvalue weighted by Gasteiger charge is 2.57. The van der Waals surface area contributed by atoms with Gasteiger partial charge in [-0.3, -0.25) is 19.2 Å². The van der Waals surface area contributed by atoms with Gasteiger partial charge in [0.1, 0.15) is 23.6 Å². The number of likely N-dealkylation sites (N-methyl/N-ethyl adjacent to an activating group) is 1. The minimum atomic E-state index is -1.79. The Kier molecular flexibility index (Phi) is 5.70. The molecule has 12 heteroatoms. The standard InChI is InChI=1S/C28H28F3N5O4/c1-13(2)8-20(35(3)25(38)19-9-14-16(29)10-17(30)22(31)23(14)33-19)26(39)36-12-28(11-21(36)24(32)37)15-6-4-5-7-18(15)34-27(28)40/h4-7,9-10,13,20-21,33H,8,11-12H2,1-3H3,(H2,32,37)(H,34,40)/t20-,21-,28-/m0/s1/i4D,9D,10D. The van der Waals surface area contributed by atoms with E-state index < -0.39 is 87.3 Å². The van der Waals surface area contributed by atoms with Crippen molar-refractivity contribution < 1.29 is 36.5 Å². The number of rotatable bonds is 6. The van der Waals surface area contributed by atoms with Gasteiger partial charge in [0.15, 0.2) is 11.6 Å². The maximum atomic E-state index is 14.7. The van der Waals surface area contributed by atoms with E-state index in [-0.39, 0.29) is 31.3 Å². The monoisotopic (exact) mass is 558 g/mol. The first-order chi connectivity index (χ1) is 20.1. The Bertz CT molecular complexity index is 1730. The minimum absolute atomic E-state index is 0.0531. The number of nitrogens with one attached hydrogen (secondary N) is 2. The number of halogens is 3. The molecule has 1 aromatic heterocycles. The number of fused-ring (bicyclic) bond motifs is 3. The number of nitrogens with two attached hydrogens (primary N) is 1. The topological polar surface area (TPSA) is 129 Å². The largest absolute Gasteiger partial charge is 0.368 e. The van der Waals surface area contributed by atoms with Gasteiger partial charge in [0.05, 0.1) is 15.0 Å². The third-order valence-electron chi connectivity index (χ3n) is 7.61. The molecular formula is C28H28F3N5O4. The van der Waals surface area contributed by atoms with Gasteiger partial charge in [0.2, 0.25) is 17.7 Å². The van der Waals surface area contributed by atoms with E-state index in [4.69, 9.17) is 9.85 Å². The average Bonchev–Trinajstić information content (AvgIpc) is 3.61. The Morgan fingerprint density at radius 3 is 2.62 bits per heavy atom. The molecule has 1 spiro atoms. The van der Waals surface area contributed by atoms with Gasteiger partial charge in [-0.1, -0.05) is 32.0 Å². The predicted octanol–water partition coefficient (Wildman–Crippen LogP) is 3.05. The Balaban J connectivity index is 1.54. The maximum absolute atomic E-state index is 14.7. The number of nitrogens with zero attached hydrogens (tertiary/aromatic N) is 2. The van der Waals surface area contributed by atoms with E-state index in [2.05, 4.69) is 10.3 Å². The average molecular weight is 559 g/mol. The van der Waals surface area contributed by atoms with Crippen molar-refractivity contribution in [3.63, 3.8) is 0 Å². The highest BCUT2D eigenvalue weighted by molar-refractivity contribution is 6.08. The molecule has 0 saturated carbocycles. The molecule has 9 nitrogen and oxygen atoms in total. The lowest BCUT2D eigenvalue weighted by Gasteiger charge is -2.33. The van der Waals surface area contributed by atoms with Crippen molar-refractivity contribution in [1.82, 2.24) is 14.8 Å². The molecule has 3 aromatic rings. The molecule has 0 bridgehead atoms. The molecule has 4 N–H and O–H groups in total.